The van der Waals surface area contributed by atoms with Crippen LogP contribution in [-0.4, -0.2) is 36.5 Å². The molecule has 0 fully saturated rings. The molecule has 0 saturated carbocycles. The Morgan fingerprint density at radius 1 is 1.20 bits per heavy atom. The third kappa shape index (κ3) is 5.19. The van der Waals surface area contributed by atoms with Gasteiger partial charge < -0.3 is 9.29 Å². The number of unbranched alkanes of at least 4 members (excludes halogenated alkanes) is 2. The molecule has 0 heterocycles. The Morgan fingerprint density at radius 2 is 1.70 bits per heavy atom. The molecule has 120 valence electrons. The highest BCUT2D eigenvalue weighted by Gasteiger charge is 2.62. The van der Waals surface area contributed by atoms with Crippen molar-refractivity contribution in [2.75, 3.05) is 0 Å². The van der Waals surface area contributed by atoms with E-state index >= 15 is 0 Å². The Bertz CT molecular complexity index is 430. The molecule has 0 aliphatic heterocycles. The molecular weight excluding hydrogens is 315 g/mol. The number of ether oxygens (including phenoxy) is 1. The summed E-state index contributed by atoms with van der Waals surface area (Å²) >= 11 is 0. The monoisotopic (exact) mass is 327 g/mol. The number of esters is 1. The quantitative estimate of drug-likeness (QED) is 0.310. The van der Waals surface area contributed by atoms with Crippen LogP contribution in [0.5, 0.6) is 0 Å². The van der Waals surface area contributed by atoms with Gasteiger partial charge in [-0.3, -0.25) is 4.79 Å². The SMILES string of the molecule is CCCCCC(=O)OC(C(F)(F)F)C(F)(F)S(=O)(=O)[O-]. The van der Waals surface area contributed by atoms with Crippen molar-refractivity contribution in [3.05, 3.63) is 0 Å². The second kappa shape index (κ2) is 6.66. The predicted molar refractivity (Wildman–Crippen MR) is 54.7 cm³/mol. The molecule has 11 heteroatoms. The van der Waals surface area contributed by atoms with Crippen LogP contribution < -0.4 is 0 Å². The number of rotatable bonds is 7. The summed E-state index contributed by atoms with van der Waals surface area (Å²) in [5.74, 6) is -1.65. The Labute approximate surface area is 111 Å². The first-order valence-corrected chi connectivity index (χ1v) is 6.84. The fourth-order valence-electron chi connectivity index (χ4n) is 1.17. The summed E-state index contributed by atoms with van der Waals surface area (Å²) in [4.78, 5) is 11.0. The van der Waals surface area contributed by atoms with Crippen LogP contribution in [0.15, 0.2) is 0 Å². The fourth-order valence-corrected chi connectivity index (χ4v) is 1.61. The Hall–Kier alpha value is -0.970. The number of hydrogen-bond donors (Lipinski definition) is 0. The average molecular weight is 327 g/mol. The molecule has 0 N–H and O–H groups in total. The lowest BCUT2D eigenvalue weighted by atomic mass is 10.2. The predicted octanol–water partition coefficient (Wildman–Crippen LogP) is 2.18. The molecule has 0 aliphatic rings. The second-order valence-electron chi connectivity index (χ2n) is 3.88. The Morgan fingerprint density at radius 3 is 2.05 bits per heavy atom. The summed E-state index contributed by atoms with van der Waals surface area (Å²) < 4.78 is 96.9. The summed E-state index contributed by atoms with van der Waals surface area (Å²) in [6.45, 7) is 1.72. The van der Waals surface area contributed by atoms with Crippen LogP contribution in [0.1, 0.15) is 32.6 Å². The van der Waals surface area contributed by atoms with Crippen molar-refractivity contribution in [3.8, 4) is 0 Å². The third-order valence-electron chi connectivity index (χ3n) is 2.17. The van der Waals surface area contributed by atoms with Crippen molar-refractivity contribution in [2.45, 2.75) is 50.1 Å². The molecule has 0 amide bonds. The molecule has 5 nitrogen and oxygen atoms in total. The molecule has 1 unspecified atom stereocenters. The highest BCUT2D eigenvalue weighted by molar-refractivity contribution is 7.86. The normalized spacial score (nSPS) is 14.9. The van der Waals surface area contributed by atoms with Crippen LogP contribution in [0.2, 0.25) is 0 Å². The van der Waals surface area contributed by atoms with Crippen LogP contribution >= 0.6 is 0 Å². The first-order valence-electron chi connectivity index (χ1n) is 5.43. The zero-order valence-corrected chi connectivity index (χ0v) is 11.1. The smallest absolute Gasteiger partial charge is 0.432 e. The maximum atomic E-state index is 12.9. The van der Waals surface area contributed by atoms with Gasteiger partial charge in [0.1, 0.15) is 0 Å². The van der Waals surface area contributed by atoms with E-state index in [9.17, 15) is 39.7 Å². The van der Waals surface area contributed by atoms with Crippen molar-refractivity contribution in [1.29, 1.82) is 0 Å². The summed E-state index contributed by atoms with van der Waals surface area (Å²) in [6, 6.07) is 0. The zero-order valence-electron chi connectivity index (χ0n) is 10.2. The van der Waals surface area contributed by atoms with Crippen LogP contribution in [-0.2, 0) is 19.6 Å². The van der Waals surface area contributed by atoms with Crippen LogP contribution in [0.3, 0.4) is 0 Å². The van der Waals surface area contributed by atoms with E-state index < -0.39 is 40.0 Å². The molecule has 0 aliphatic carbocycles. The van der Waals surface area contributed by atoms with Gasteiger partial charge in [0.2, 0.25) is 0 Å². The van der Waals surface area contributed by atoms with E-state index in [2.05, 4.69) is 4.74 Å². The van der Waals surface area contributed by atoms with Gasteiger partial charge in [0.05, 0.1) is 0 Å². The Balaban J connectivity index is 5.08. The standard InChI is InChI=1S/C9H13F5O5S/c1-2-3-4-5-6(15)19-7(8(10,11)12)9(13,14)20(16,17)18/h7H,2-5H2,1H3,(H,16,17,18)/p-1. The summed E-state index contributed by atoms with van der Waals surface area (Å²) in [7, 11) is -6.64. The van der Waals surface area contributed by atoms with Gasteiger partial charge in [0, 0.05) is 6.42 Å². The molecule has 0 bridgehead atoms. The van der Waals surface area contributed by atoms with E-state index in [1.807, 2.05) is 0 Å². The van der Waals surface area contributed by atoms with E-state index in [1.54, 1.807) is 6.92 Å². The van der Waals surface area contributed by atoms with E-state index in [1.165, 1.54) is 0 Å². The number of halogens is 5. The van der Waals surface area contributed by atoms with Crippen LogP contribution in [0.4, 0.5) is 22.0 Å². The maximum absolute atomic E-state index is 12.9. The molecule has 0 saturated heterocycles. The second-order valence-corrected chi connectivity index (χ2v) is 5.34. The molecular formula is C9H12F5O5S-. The molecule has 20 heavy (non-hydrogen) atoms. The summed E-state index contributed by atoms with van der Waals surface area (Å²) in [5.41, 5.74) is 0. The summed E-state index contributed by atoms with van der Waals surface area (Å²) in [6.07, 6.45) is -9.64. The van der Waals surface area contributed by atoms with E-state index in [0.29, 0.717) is 12.8 Å². The van der Waals surface area contributed by atoms with E-state index in [4.69, 9.17) is 0 Å². The highest BCUT2D eigenvalue weighted by atomic mass is 32.2. The molecule has 0 aromatic heterocycles. The van der Waals surface area contributed by atoms with Gasteiger partial charge in [0.15, 0.2) is 10.1 Å². The molecule has 0 aromatic carbocycles. The van der Waals surface area contributed by atoms with E-state index in [-0.39, 0.29) is 6.42 Å². The van der Waals surface area contributed by atoms with Gasteiger partial charge in [-0.1, -0.05) is 19.8 Å². The van der Waals surface area contributed by atoms with Crippen molar-refractivity contribution in [3.63, 3.8) is 0 Å². The third-order valence-corrected chi connectivity index (χ3v) is 3.05. The molecule has 0 rings (SSSR count). The minimum Gasteiger partial charge on any atom is -0.743 e. The maximum Gasteiger partial charge on any atom is 0.432 e. The number of alkyl halides is 5. The number of carbonyl (C=O) groups excluding carboxylic acids is 1. The van der Waals surface area contributed by atoms with Gasteiger partial charge >= 0.3 is 17.4 Å². The molecule has 1 atom stereocenters. The van der Waals surface area contributed by atoms with Crippen LogP contribution in [0, 0.1) is 0 Å². The van der Waals surface area contributed by atoms with Crippen molar-refractivity contribution in [2.24, 2.45) is 0 Å². The zero-order chi connectivity index (χ0) is 16.2. The lowest BCUT2D eigenvalue weighted by molar-refractivity contribution is -0.259. The Kier molecular flexibility index (Phi) is 6.33. The highest BCUT2D eigenvalue weighted by Crippen LogP contribution is 2.38. The van der Waals surface area contributed by atoms with Gasteiger partial charge in [-0.2, -0.15) is 22.0 Å². The topological polar surface area (TPSA) is 83.5 Å². The number of carbonyl (C=O) groups is 1. The number of hydrogen-bond acceptors (Lipinski definition) is 5. The molecule has 0 aromatic rings. The minimum atomic E-state index is -6.64. The average Bonchev–Trinajstić information content (AvgIpc) is 2.23. The molecule has 0 spiro atoms. The van der Waals surface area contributed by atoms with Crippen molar-refractivity contribution >= 4 is 16.1 Å². The van der Waals surface area contributed by atoms with Gasteiger partial charge in [-0.05, 0) is 6.42 Å². The summed E-state index contributed by atoms with van der Waals surface area (Å²) in [5, 5.41) is -5.79. The van der Waals surface area contributed by atoms with Gasteiger partial charge in [0.25, 0.3) is 6.10 Å². The molecule has 0 radical (unpaired) electrons. The lowest BCUT2D eigenvalue weighted by Gasteiger charge is -2.29. The van der Waals surface area contributed by atoms with E-state index in [0.717, 1.165) is 0 Å². The lowest BCUT2D eigenvalue weighted by Crippen LogP contribution is -2.52. The van der Waals surface area contributed by atoms with Gasteiger partial charge in [-0.15, -0.1) is 0 Å². The minimum absolute atomic E-state index is 0.0929. The van der Waals surface area contributed by atoms with Gasteiger partial charge in [-0.25, -0.2) is 8.42 Å². The largest absolute Gasteiger partial charge is 0.743 e. The first-order chi connectivity index (χ1) is 8.84. The van der Waals surface area contributed by atoms with Crippen molar-refractivity contribution < 1.29 is 44.5 Å². The van der Waals surface area contributed by atoms with Crippen LogP contribution in [0.25, 0.3) is 0 Å². The first kappa shape index (κ1) is 19.0. The fraction of sp³-hybridized carbons (Fsp3) is 0.889. The van der Waals surface area contributed by atoms with Crippen molar-refractivity contribution in [1.82, 2.24) is 0 Å².